The number of carbonyl (C=O) groups is 3. The predicted molar refractivity (Wildman–Crippen MR) is 151 cm³/mol. The number of para-hydroxylation sites is 1. The number of fused-ring (bicyclic) bond motifs is 1. The van der Waals surface area contributed by atoms with Gasteiger partial charge in [0.2, 0.25) is 16.2 Å². The number of urea groups is 1. The average molecular weight is 554 g/mol. The lowest BCUT2D eigenvalue weighted by Gasteiger charge is -2.27. The number of sulfonamides is 1. The van der Waals surface area contributed by atoms with Crippen molar-refractivity contribution in [2.75, 3.05) is 23.0 Å². The van der Waals surface area contributed by atoms with Crippen molar-refractivity contribution >= 4 is 45.0 Å². The minimum absolute atomic E-state index is 0.0555. The molecule has 0 radical (unpaired) electrons. The first-order valence-corrected chi connectivity index (χ1v) is 15.1. The molecule has 2 aromatic carbocycles. The average Bonchev–Trinajstić information content (AvgIpc) is 2.99. The molecule has 4 amide bonds. The normalized spacial score (nSPS) is 18.2. The zero-order chi connectivity index (χ0) is 28.2. The minimum atomic E-state index is -3.74. The quantitative estimate of drug-likeness (QED) is 0.478. The van der Waals surface area contributed by atoms with Gasteiger partial charge >= 0.3 is 6.03 Å². The van der Waals surface area contributed by atoms with E-state index in [-0.39, 0.29) is 29.0 Å². The van der Waals surface area contributed by atoms with Crippen LogP contribution >= 0.6 is 0 Å². The van der Waals surface area contributed by atoms with E-state index in [9.17, 15) is 22.8 Å². The molecule has 0 saturated heterocycles. The number of nitrogens with one attached hydrogen (secondary N) is 3. The first kappa shape index (κ1) is 28.3. The van der Waals surface area contributed by atoms with E-state index in [1.54, 1.807) is 11.0 Å². The summed E-state index contributed by atoms with van der Waals surface area (Å²) in [5.41, 5.74) is 2.88. The van der Waals surface area contributed by atoms with Crippen LogP contribution in [-0.4, -0.2) is 50.9 Å². The molecule has 0 spiro atoms. The van der Waals surface area contributed by atoms with Crippen molar-refractivity contribution in [3.8, 4) is 0 Å². The fourth-order valence-corrected chi connectivity index (χ4v) is 5.52. The van der Waals surface area contributed by atoms with Crippen LogP contribution in [0.1, 0.15) is 61.9 Å². The molecule has 208 valence electrons. The van der Waals surface area contributed by atoms with Crippen LogP contribution in [0.2, 0.25) is 0 Å². The fraction of sp³-hybridized carbons (Fsp3) is 0.429. The molecule has 2 aliphatic rings. The van der Waals surface area contributed by atoms with Crippen LogP contribution in [0.15, 0.2) is 53.5 Å². The molecular formula is C28H35N5O5S. The molecule has 0 aromatic heterocycles. The molecule has 11 heteroatoms. The number of nitrogens with zero attached hydrogens (tertiary/aromatic N) is 2. The number of hydrogen-bond acceptors (Lipinski definition) is 6. The number of amides is 4. The molecule has 0 unspecified atom stereocenters. The largest absolute Gasteiger partial charge is 0.321 e. The van der Waals surface area contributed by atoms with E-state index in [2.05, 4.69) is 10.6 Å². The lowest BCUT2D eigenvalue weighted by Crippen LogP contribution is -2.49. The van der Waals surface area contributed by atoms with Crippen molar-refractivity contribution in [2.24, 2.45) is 16.8 Å². The second-order valence-corrected chi connectivity index (χ2v) is 12.2. The lowest BCUT2D eigenvalue weighted by molar-refractivity contribution is -0.120. The van der Waals surface area contributed by atoms with Crippen molar-refractivity contribution in [3.05, 3.63) is 59.7 Å². The van der Waals surface area contributed by atoms with E-state index >= 15 is 0 Å². The van der Waals surface area contributed by atoms with Gasteiger partial charge in [-0.25, -0.2) is 17.9 Å². The van der Waals surface area contributed by atoms with Gasteiger partial charge in [-0.05, 0) is 43.0 Å². The third-order valence-corrected chi connectivity index (χ3v) is 7.26. The topological polar surface area (TPSA) is 137 Å². The molecule has 3 N–H and O–H groups in total. The van der Waals surface area contributed by atoms with E-state index in [1.807, 2.05) is 42.8 Å². The van der Waals surface area contributed by atoms with Crippen LogP contribution in [0.25, 0.3) is 0 Å². The second-order valence-electron chi connectivity index (χ2n) is 10.5. The minimum Gasteiger partial charge on any atom is -0.308 e. The Morgan fingerprint density at radius 2 is 1.77 bits per heavy atom. The van der Waals surface area contributed by atoms with E-state index in [4.69, 9.17) is 4.99 Å². The van der Waals surface area contributed by atoms with Crippen LogP contribution in [0.3, 0.4) is 0 Å². The van der Waals surface area contributed by atoms with Gasteiger partial charge in [0.05, 0.1) is 17.7 Å². The highest BCUT2D eigenvalue weighted by molar-refractivity contribution is 7.89. The summed E-state index contributed by atoms with van der Waals surface area (Å²) in [4.78, 5) is 45.7. The molecule has 1 saturated carbocycles. The van der Waals surface area contributed by atoms with Gasteiger partial charge < -0.3 is 15.5 Å². The Hall–Kier alpha value is -3.73. The second kappa shape index (κ2) is 12.0. The Balaban J connectivity index is 1.61. The van der Waals surface area contributed by atoms with E-state index < -0.39 is 28.1 Å². The smallest absolute Gasteiger partial charge is 0.308 e. The van der Waals surface area contributed by atoms with Gasteiger partial charge in [0.25, 0.3) is 11.8 Å². The van der Waals surface area contributed by atoms with Crippen LogP contribution in [0, 0.1) is 11.8 Å². The lowest BCUT2D eigenvalue weighted by atomic mass is 9.82. The van der Waals surface area contributed by atoms with Crippen LogP contribution < -0.4 is 20.3 Å². The summed E-state index contributed by atoms with van der Waals surface area (Å²) in [7, 11) is -3.74. The van der Waals surface area contributed by atoms with Gasteiger partial charge in [-0.2, -0.15) is 0 Å². The van der Waals surface area contributed by atoms with E-state index in [1.165, 1.54) is 24.6 Å². The van der Waals surface area contributed by atoms with Crippen molar-refractivity contribution < 1.29 is 22.8 Å². The van der Waals surface area contributed by atoms with Gasteiger partial charge in [0.1, 0.15) is 0 Å². The number of aliphatic imine (C=N–C) groups is 1. The molecule has 1 heterocycles. The highest BCUT2D eigenvalue weighted by Crippen LogP contribution is 2.34. The number of benzene rings is 2. The van der Waals surface area contributed by atoms with Crippen LogP contribution in [0.4, 0.5) is 16.2 Å². The summed E-state index contributed by atoms with van der Waals surface area (Å²) >= 11 is 0. The van der Waals surface area contributed by atoms with Crippen molar-refractivity contribution in [1.82, 2.24) is 10.0 Å². The molecule has 10 nitrogen and oxygen atoms in total. The van der Waals surface area contributed by atoms with Crippen molar-refractivity contribution in [2.45, 2.75) is 52.1 Å². The summed E-state index contributed by atoms with van der Waals surface area (Å²) in [5.74, 6) is -0.750. The predicted octanol–water partition coefficient (Wildman–Crippen LogP) is 3.90. The van der Waals surface area contributed by atoms with E-state index in [0.717, 1.165) is 48.9 Å². The summed E-state index contributed by atoms with van der Waals surface area (Å²) < 4.78 is 24.7. The molecule has 1 atom stereocenters. The van der Waals surface area contributed by atoms with Gasteiger partial charge in [-0.3, -0.25) is 14.6 Å². The zero-order valence-electron chi connectivity index (χ0n) is 22.4. The molecular weight excluding hydrogens is 518 g/mol. The maximum Gasteiger partial charge on any atom is 0.321 e. The highest BCUT2D eigenvalue weighted by atomic mass is 32.2. The number of carbonyl (C=O) groups excluding carboxylic acids is 3. The fourth-order valence-electron chi connectivity index (χ4n) is 5.06. The Morgan fingerprint density at radius 1 is 1.05 bits per heavy atom. The molecule has 0 bridgehead atoms. The molecule has 4 rings (SSSR count). The Labute approximate surface area is 229 Å². The Bertz CT molecular complexity index is 1380. The number of rotatable bonds is 7. The summed E-state index contributed by atoms with van der Waals surface area (Å²) in [6.07, 6.45) is 5.07. The summed E-state index contributed by atoms with van der Waals surface area (Å²) in [5, 5.41) is 5.37. The summed E-state index contributed by atoms with van der Waals surface area (Å²) in [6, 6.07) is 13.0. The highest BCUT2D eigenvalue weighted by Gasteiger charge is 2.35. The standard InChI is InChI=1S/C28H35N5O5S/c1-18(2)17-33-23-15-8-7-14-22(23)24(19-10-5-4-6-11-19)30-25(27(33)35)31-28(36)29-21-13-9-12-20(16-21)26(34)32-39(3,37)38/h7-9,12-16,18-19,25H,4-6,10-11,17H2,1-3H3,(H,32,34)(H2,29,31,36)/t25-/m0/s1. The van der Waals surface area contributed by atoms with Crippen molar-refractivity contribution in [1.29, 1.82) is 0 Å². The van der Waals surface area contributed by atoms with Crippen LogP contribution in [-0.2, 0) is 14.8 Å². The third kappa shape index (κ3) is 7.23. The van der Waals surface area contributed by atoms with E-state index in [0.29, 0.717) is 6.54 Å². The van der Waals surface area contributed by atoms with Gasteiger partial charge in [0.15, 0.2) is 0 Å². The molecule has 39 heavy (non-hydrogen) atoms. The zero-order valence-corrected chi connectivity index (χ0v) is 23.3. The molecule has 1 aliphatic heterocycles. The maximum atomic E-state index is 13.8. The number of hydrogen-bond donors (Lipinski definition) is 3. The Morgan fingerprint density at radius 3 is 2.46 bits per heavy atom. The van der Waals surface area contributed by atoms with Gasteiger partial charge in [-0.1, -0.05) is 57.4 Å². The van der Waals surface area contributed by atoms with Gasteiger partial charge in [-0.15, -0.1) is 0 Å². The maximum absolute atomic E-state index is 13.8. The van der Waals surface area contributed by atoms with Gasteiger partial charge in [0, 0.05) is 29.3 Å². The molecule has 1 fully saturated rings. The monoisotopic (exact) mass is 553 g/mol. The third-order valence-electron chi connectivity index (χ3n) is 6.71. The first-order valence-electron chi connectivity index (χ1n) is 13.2. The number of benzodiazepines with no additional fused rings is 1. The molecule has 1 aliphatic carbocycles. The molecule has 2 aromatic rings. The SMILES string of the molecule is CC(C)CN1C(=O)[C@H](NC(=O)Nc2cccc(C(=O)NS(C)(=O)=O)c2)N=C(C2CCCCC2)c2ccccc21. The Kier molecular flexibility index (Phi) is 8.69. The van der Waals surface area contributed by atoms with Crippen LogP contribution in [0.5, 0.6) is 0 Å². The van der Waals surface area contributed by atoms with Crippen molar-refractivity contribution in [3.63, 3.8) is 0 Å². The first-order chi connectivity index (χ1) is 18.5. The number of anilines is 2. The summed E-state index contributed by atoms with van der Waals surface area (Å²) in [6.45, 7) is 4.54.